The average molecular weight is 396 g/mol. The molecular formula is C23H28N2O4. The molecule has 0 atom stereocenters. The maximum absolute atomic E-state index is 12.7. The fourth-order valence-corrected chi connectivity index (χ4v) is 4.03. The molecule has 0 saturated heterocycles. The number of carbonyl (C=O) groups excluding carboxylic acids is 2. The highest BCUT2D eigenvalue weighted by molar-refractivity contribution is 5.94. The van der Waals surface area contributed by atoms with Gasteiger partial charge in [-0.05, 0) is 42.5 Å². The zero-order chi connectivity index (χ0) is 20.7. The van der Waals surface area contributed by atoms with Crippen LogP contribution in [-0.2, 0) is 9.59 Å². The van der Waals surface area contributed by atoms with Crippen LogP contribution in [0.5, 0.6) is 11.5 Å². The number of hydrogen-bond donors (Lipinski definition) is 2. The van der Waals surface area contributed by atoms with E-state index in [0.29, 0.717) is 35.7 Å². The summed E-state index contributed by atoms with van der Waals surface area (Å²) in [6.45, 7) is 0. The van der Waals surface area contributed by atoms with Crippen LogP contribution in [0.3, 0.4) is 0 Å². The van der Waals surface area contributed by atoms with Gasteiger partial charge in [-0.25, -0.2) is 0 Å². The van der Waals surface area contributed by atoms with Gasteiger partial charge in [0.1, 0.15) is 11.5 Å². The van der Waals surface area contributed by atoms with Crippen LogP contribution in [0.4, 0.5) is 11.4 Å². The van der Waals surface area contributed by atoms with Gasteiger partial charge in [0.2, 0.25) is 11.8 Å². The second kappa shape index (κ2) is 9.45. The summed E-state index contributed by atoms with van der Waals surface area (Å²) >= 11 is 0. The molecule has 2 aromatic carbocycles. The van der Waals surface area contributed by atoms with Gasteiger partial charge in [0.05, 0.1) is 14.2 Å². The van der Waals surface area contributed by atoms with Gasteiger partial charge in [0, 0.05) is 36.3 Å². The lowest BCUT2D eigenvalue weighted by atomic mass is 9.79. The SMILES string of the molecule is COc1cccc(NC(=O)CC2(CC(=O)Nc3cccc(OC)c3)CCCC2)c1. The molecule has 0 aromatic heterocycles. The van der Waals surface area contributed by atoms with E-state index in [0.717, 1.165) is 25.7 Å². The summed E-state index contributed by atoms with van der Waals surface area (Å²) in [6.07, 6.45) is 4.50. The fraction of sp³-hybridized carbons (Fsp3) is 0.391. The van der Waals surface area contributed by atoms with Crippen molar-refractivity contribution in [3.63, 3.8) is 0 Å². The summed E-state index contributed by atoms with van der Waals surface area (Å²) in [4.78, 5) is 25.4. The van der Waals surface area contributed by atoms with Gasteiger partial charge in [-0.1, -0.05) is 25.0 Å². The minimum atomic E-state index is -0.300. The lowest BCUT2D eigenvalue weighted by Gasteiger charge is -2.27. The molecular weight excluding hydrogens is 368 g/mol. The molecule has 29 heavy (non-hydrogen) atoms. The van der Waals surface area contributed by atoms with Crippen molar-refractivity contribution in [1.82, 2.24) is 0 Å². The van der Waals surface area contributed by atoms with Crippen molar-refractivity contribution in [3.05, 3.63) is 48.5 Å². The molecule has 0 bridgehead atoms. The molecule has 0 spiro atoms. The first kappa shape index (κ1) is 20.7. The standard InChI is InChI=1S/C23H28N2O4/c1-28-19-9-5-7-17(13-19)24-21(26)15-23(11-3-4-12-23)16-22(27)25-18-8-6-10-20(14-18)29-2/h5-10,13-14H,3-4,11-12,15-16H2,1-2H3,(H,24,26)(H,25,27). The topological polar surface area (TPSA) is 76.7 Å². The van der Waals surface area contributed by atoms with Crippen molar-refractivity contribution >= 4 is 23.2 Å². The van der Waals surface area contributed by atoms with Gasteiger partial charge in [0.15, 0.2) is 0 Å². The van der Waals surface area contributed by atoms with Crippen molar-refractivity contribution in [3.8, 4) is 11.5 Å². The molecule has 1 saturated carbocycles. The third-order valence-corrected chi connectivity index (χ3v) is 5.44. The van der Waals surface area contributed by atoms with Gasteiger partial charge < -0.3 is 20.1 Å². The highest BCUT2D eigenvalue weighted by Gasteiger charge is 2.38. The molecule has 1 aliphatic carbocycles. The normalized spacial score (nSPS) is 14.8. The summed E-state index contributed by atoms with van der Waals surface area (Å²) in [5, 5.41) is 5.88. The summed E-state index contributed by atoms with van der Waals surface area (Å²) in [5.74, 6) is 1.23. The zero-order valence-electron chi connectivity index (χ0n) is 17.0. The maximum Gasteiger partial charge on any atom is 0.224 e. The number of methoxy groups -OCH3 is 2. The Morgan fingerprint density at radius 2 is 1.28 bits per heavy atom. The van der Waals surface area contributed by atoms with E-state index in [-0.39, 0.29) is 17.2 Å². The third kappa shape index (κ3) is 5.73. The Balaban J connectivity index is 1.62. The number of ether oxygens (including phenoxy) is 2. The van der Waals surface area contributed by atoms with E-state index in [4.69, 9.17) is 9.47 Å². The van der Waals surface area contributed by atoms with Gasteiger partial charge in [0.25, 0.3) is 0 Å². The Kier molecular flexibility index (Phi) is 6.75. The quantitative estimate of drug-likeness (QED) is 0.682. The van der Waals surface area contributed by atoms with Crippen LogP contribution in [0.25, 0.3) is 0 Å². The van der Waals surface area contributed by atoms with E-state index < -0.39 is 0 Å². The minimum Gasteiger partial charge on any atom is -0.497 e. The molecule has 1 fully saturated rings. The molecule has 2 aromatic rings. The number of nitrogens with one attached hydrogen (secondary N) is 2. The summed E-state index contributed by atoms with van der Waals surface area (Å²) in [5.41, 5.74) is 1.10. The number of benzene rings is 2. The molecule has 0 aliphatic heterocycles. The molecule has 0 unspecified atom stereocenters. The highest BCUT2D eigenvalue weighted by atomic mass is 16.5. The van der Waals surface area contributed by atoms with Crippen molar-refractivity contribution < 1.29 is 19.1 Å². The van der Waals surface area contributed by atoms with Gasteiger partial charge >= 0.3 is 0 Å². The number of carbonyl (C=O) groups is 2. The summed E-state index contributed by atoms with van der Waals surface area (Å²) in [6, 6.07) is 14.6. The third-order valence-electron chi connectivity index (χ3n) is 5.44. The monoisotopic (exact) mass is 396 g/mol. The Morgan fingerprint density at radius 1 is 0.828 bits per heavy atom. The summed E-state index contributed by atoms with van der Waals surface area (Å²) < 4.78 is 10.4. The average Bonchev–Trinajstić information content (AvgIpc) is 3.15. The van der Waals surface area contributed by atoms with Gasteiger partial charge in [-0.3, -0.25) is 9.59 Å². The molecule has 154 valence electrons. The van der Waals surface area contributed by atoms with E-state index in [9.17, 15) is 9.59 Å². The fourth-order valence-electron chi connectivity index (χ4n) is 4.03. The number of amides is 2. The predicted octanol–water partition coefficient (Wildman–Crippen LogP) is 4.62. The molecule has 1 aliphatic rings. The first-order valence-electron chi connectivity index (χ1n) is 9.90. The molecule has 3 rings (SSSR count). The molecule has 0 radical (unpaired) electrons. The van der Waals surface area contributed by atoms with Crippen LogP contribution in [-0.4, -0.2) is 26.0 Å². The van der Waals surface area contributed by atoms with E-state index in [1.54, 1.807) is 26.4 Å². The number of hydrogen-bond acceptors (Lipinski definition) is 4. The van der Waals surface area contributed by atoms with Crippen LogP contribution >= 0.6 is 0 Å². The maximum atomic E-state index is 12.7. The number of anilines is 2. The van der Waals surface area contributed by atoms with Crippen LogP contribution in [0.15, 0.2) is 48.5 Å². The molecule has 2 amide bonds. The lowest BCUT2D eigenvalue weighted by molar-refractivity contribution is -0.121. The van der Waals surface area contributed by atoms with E-state index >= 15 is 0 Å². The Labute approximate surface area is 171 Å². The predicted molar refractivity (Wildman–Crippen MR) is 113 cm³/mol. The Hall–Kier alpha value is -3.02. The second-order valence-corrected chi connectivity index (χ2v) is 7.62. The van der Waals surface area contributed by atoms with Crippen molar-refractivity contribution in [2.75, 3.05) is 24.9 Å². The van der Waals surface area contributed by atoms with Crippen molar-refractivity contribution in [1.29, 1.82) is 0 Å². The van der Waals surface area contributed by atoms with E-state index in [1.165, 1.54) is 0 Å². The van der Waals surface area contributed by atoms with Gasteiger partial charge in [-0.15, -0.1) is 0 Å². The molecule has 6 nitrogen and oxygen atoms in total. The molecule has 6 heteroatoms. The first-order chi connectivity index (χ1) is 14.0. The van der Waals surface area contributed by atoms with Crippen LogP contribution in [0.2, 0.25) is 0 Å². The largest absolute Gasteiger partial charge is 0.497 e. The molecule has 0 heterocycles. The zero-order valence-corrected chi connectivity index (χ0v) is 17.0. The summed E-state index contributed by atoms with van der Waals surface area (Å²) in [7, 11) is 3.19. The van der Waals surface area contributed by atoms with Crippen LogP contribution in [0.1, 0.15) is 38.5 Å². The van der Waals surface area contributed by atoms with Crippen molar-refractivity contribution in [2.24, 2.45) is 5.41 Å². The highest BCUT2D eigenvalue weighted by Crippen LogP contribution is 2.44. The van der Waals surface area contributed by atoms with Crippen LogP contribution in [0, 0.1) is 5.41 Å². The van der Waals surface area contributed by atoms with E-state index in [2.05, 4.69) is 10.6 Å². The van der Waals surface area contributed by atoms with Gasteiger partial charge in [-0.2, -0.15) is 0 Å². The number of rotatable bonds is 8. The second-order valence-electron chi connectivity index (χ2n) is 7.62. The van der Waals surface area contributed by atoms with Crippen LogP contribution < -0.4 is 20.1 Å². The molecule has 2 N–H and O–H groups in total. The van der Waals surface area contributed by atoms with E-state index in [1.807, 2.05) is 36.4 Å². The minimum absolute atomic E-state index is 0.0747. The Morgan fingerprint density at radius 3 is 1.69 bits per heavy atom. The lowest BCUT2D eigenvalue weighted by Crippen LogP contribution is -2.30. The Bertz CT molecular complexity index is 794. The smallest absolute Gasteiger partial charge is 0.224 e. The van der Waals surface area contributed by atoms with Crippen molar-refractivity contribution in [2.45, 2.75) is 38.5 Å². The first-order valence-corrected chi connectivity index (χ1v) is 9.90.